The lowest BCUT2D eigenvalue weighted by Crippen LogP contribution is -2.65. The van der Waals surface area contributed by atoms with E-state index in [0.717, 1.165) is 0 Å². The summed E-state index contributed by atoms with van der Waals surface area (Å²) >= 11 is 5.88. The number of anilines is 1. The molecule has 1 saturated heterocycles. The predicted molar refractivity (Wildman–Crippen MR) is 67.4 cm³/mol. The Labute approximate surface area is 109 Å². The summed E-state index contributed by atoms with van der Waals surface area (Å²) in [6.07, 6.45) is 5.83. The zero-order valence-electron chi connectivity index (χ0n) is 9.43. The molecule has 1 aromatic carbocycles. The van der Waals surface area contributed by atoms with Crippen molar-refractivity contribution in [2.45, 2.75) is 5.54 Å². The number of ether oxygens (including phenoxy) is 1. The third-order valence-corrected chi connectivity index (χ3v) is 3.00. The van der Waals surface area contributed by atoms with Crippen molar-refractivity contribution in [1.82, 2.24) is 0 Å². The van der Waals surface area contributed by atoms with Crippen molar-refractivity contribution in [3.05, 3.63) is 29.3 Å². The van der Waals surface area contributed by atoms with Crippen molar-refractivity contribution in [3.8, 4) is 12.3 Å². The van der Waals surface area contributed by atoms with Crippen LogP contribution in [-0.4, -0.2) is 30.9 Å². The fourth-order valence-electron chi connectivity index (χ4n) is 1.82. The second kappa shape index (κ2) is 4.81. The van der Waals surface area contributed by atoms with Crippen molar-refractivity contribution in [3.63, 3.8) is 0 Å². The molecule has 0 unspecified atom stereocenters. The Morgan fingerprint density at radius 2 is 2.28 bits per heavy atom. The first-order valence-electron chi connectivity index (χ1n) is 5.23. The number of amides is 1. The van der Waals surface area contributed by atoms with Crippen LogP contribution in [0.1, 0.15) is 0 Å². The fourth-order valence-corrected chi connectivity index (χ4v) is 2.00. The fraction of sp³-hybridized carbons (Fsp3) is 0.231. The smallest absolute Gasteiger partial charge is 0.303 e. The molecule has 2 rings (SSSR count). The molecule has 1 aromatic rings. The zero-order valence-corrected chi connectivity index (χ0v) is 10.2. The van der Waals surface area contributed by atoms with Crippen molar-refractivity contribution < 1.29 is 14.3 Å². The van der Waals surface area contributed by atoms with Crippen LogP contribution in [0.25, 0.3) is 0 Å². The van der Waals surface area contributed by atoms with E-state index < -0.39 is 11.4 Å². The van der Waals surface area contributed by atoms with Crippen molar-refractivity contribution in [2.24, 2.45) is 0 Å². The molecule has 0 aliphatic carbocycles. The van der Waals surface area contributed by atoms with Gasteiger partial charge in [0.25, 0.3) is 0 Å². The zero-order chi connectivity index (χ0) is 13.2. The average Bonchev–Trinajstić information content (AvgIpc) is 2.32. The van der Waals surface area contributed by atoms with E-state index in [2.05, 4.69) is 0 Å². The second-order valence-corrected chi connectivity index (χ2v) is 4.42. The number of aldehydes is 1. The number of hydrogen-bond donors (Lipinski definition) is 0. The normalized spacial score (nSPS) is 16.2. The van der Waals surface area contributed by atoms with Crippen LogP contribution in [0.15, 0.2) is 24.3 Å². The monoisotopic (exact) mass is 263 g/mol. The summed E-state index contributed by atoms with van der Waals surface area (Å²) in [6, 6.07) is 6.62. The van der Waals surface area contributed by atoms with Crippen LogP contribution in [0.4, 0.5) is 5.69 Å². The highest BCUT2D eigenvalue weighted by Crippen LogP contribution is 2.30. The summed E-state index contributed by atoms with van der Waals surface area (Å²) in [5, 5.41) is 0.462. The molecule has 1 aliphatic heterocycles. The molecule has 5 heteroatoms. The molecular formula is C13H10ClNO3. The summed E-state index contributed by atoms with van der Waals surface area (Å²) in [7, 11) is 0. The molecule has 0 aromatic heterocycles. The molecule has 0 saturated carbocycles. The molecule has 0 bridgehead atoms. The highest BCUT2D eigenvalue weighted by molar-refractivity contribution is 6.31. The molecular weight excluding hydrogens is 254 g/mol. The molecule has 0 radical (unpaired) electrons. The largest absolute Gasteiger partial charge is 0.375 e. The van der Waals surface area contributed by atoms with Gasteiger partial charge in [-0.05, 0) is 24.1 Å². The third kappa shape index (κ3) is 1.99. The first-order valence-corrected chi connectivity index (χ1v) is 5.61. The topological polar surface area (TPSA) is 46.6 Å². The maximum Gasteiger partial charge on any atom is 0.303 e. The molecule has 1 heterocycles. The quantitative estimate of drug-likeness (QED) is 0.610. The SMILES string of the molecule is C#CC(=O)N(c1cccc(Cl)c1)C1(C=O)COC1. The predicted octanol–water partition coefficient (Wildman–Crippen LogP) is 1.27. The molecule has 0 N–H and O–H groups in total. The Balaban J connectivity index is 2.47. The van der Waals surface area contributed by atoms with Crippen LogP contribution in [0.3, 0.4) is 0 Å². The van der Waals surface area contributed by atoms with Crippen LogP contribution in [0.5, 0.6) is 0 Å². The highest BCUT2D eigenvalue weighted by Gasteiger charge is 2.47. The molecule has 0 spiro atoms. The Bertz CT molecular complexity index is 531. The lowest BCUT2D eigenvalue weighted by Gasteiger charge is -2.44. The minimum atomic E-state index is -1.02. The van der Waals surface area contributed by atoms with E-state index >= 15 is 0 Å². The van der Waals surface area contributed by atoms with Gasteiger partial charge in [0, 0.05) is 10.7 Å². The second-order valence-electron chi connectivity index (χ2n) is 3.98. The average molecular weight is 264 g/mol. The summed E-state index contributed by atoms with van der Waals surface area (Å²) in [6.45, 7) is 0.271. The summed E-state index contributed by atoms with van der Waals surface area (Å²) in [4.78, 5) is 24.4. The van der Waals surface area contributed by atoms with Crippen LogP contribution < -0.4 is 4.90 Å². The van der Waals surface area contributed by atoms with Crippen molar-refractivity contribution in [2.75, 3.05) is 18.1 Å². The summed E-state index contributed by atoms with van der Waals surface area (Å²) in [5.74, 6) is 1.43. The number of terminal acetylenes is 1. The molecule has 0 atom stereocenters. The molecule has 92 valence electrons. The summed E-state index contributed by atoms with van der Waals surface area (Å²) < 4.78 is 5.03. The maximum atomic E-state index is 11.9. The Hall–Kier alpha value is -1.83. The first kappa shape index (κ1) is 12.6. The molecule has 18 heavy (non-hydrogen) atoms. The van der Waals surface area contributed by atoms with Gasteiger partial charge in [-0.1, -0.05) is 17.7 Å². The van der Waals surface area contributed by atoms with Gasteiger partial charge >= 0.3 is 5.91 Å². The third-order valence-electron chi connectivity index (χ3n) is 2.76. The summed E-state index contributed by atoms with van der Waals surface area (Å²) in [5.41, 5.74) is -0.533. The van der Waals surface area contributed by atoms with Gasteiger partial charge in [-0.15, -0.1) is 6.42 Å². The first-order chi connectivity index (χ1) is 8.63. The van der Waals surface area contributed by atoms with Crippen LogP contribution >= 0.6 is 11.6 Å². The van der Waals surface area contributed by atoms with E-state index in [1.54, 1.807) is 24.3 Å². The van der Waals surface area contributed by atoms with Crippen molar-refractivity contribution >= 4 is 29.5 Å². The van der Waals surface area contributed by atoms with Gasteiger partial charge in [0.2, 0.25) is 0 Å². The number of hydrogen-bond acceptors (Lipinski definition) is 3. The lowest BCUT2D eigenvalue weighted by molar-refractivity contribution is -0.134. The number of benzene rings is 1. The van der Waals surface area contributed by atoms with Gasteiger partial charge in [-0.3, -0.25) is 9.69 Å². The van der Waals surface area contributed by atoms with Crippen LogP contribution in [-0.2, 0) is 14.3 Å². The van der Waals surface area contributed by atoms with Gasteiger partial charge in [0.05, 0.1) is 13.2 Å². The number of rotatable bonds is 3. The van der Waals surface area contributed by atoms with E-state index in [4.69, 9.17) is 22.8 Å². The van der Waals surface area contributed by atoms with Crippen molar-refractivity contribution in [1.29, 1.82) is 0 Å². The number of nitrogens with zero attached hydrogens (tertiary/aromatic N) is 1. The Kier molecular flexibility index (Phi) is 3.37. The number of carbonyl (C=O) groups is 2. The molecule has 1 aliphatic rings. The van der Waals surface area contributed by atoms with E-state index in [0.29, 0.717) is 17.0 Å². The van der Waals surface area contributed by atoms with Gasteiger partial charge < -0.3 is 9.53 Å². The van der Waals surface area contributed by atoms with Gasteiger partial charge in [-0.2, -0.15) is 0 Å². The minimum Gasteiger partial charge on any atom is -0.375 e. The van der Waals surface area contributed by atoms with E-state index in [1.165, 1.54) is 4.90 Å². The Morgan fingerprint density at radius 3 is 2.72 bits per heavy atom. The highest BCUT2D eigenvalue weighted by atomic mass is 35.5. The molecule has 4 nitrogen and oxygen atoms in total. The van der Waals surface area contributed by atoms with E-state index in [9.17, 15) is 9.59 Å². The standard InChI is InChI=1S/C13H10ClNO3/c1-2-12(17)15(13(7-16)8-18-9-13)11-5-3-4-10(14)6-11/h1,3-7H,8-9H2. The van der Waals surface area contributed by atoms with E-state index in [-0.39, 0.29) is 13.2 Å². The van der Waals surface area contributed by atoms with Gasteiger partial charge in [-0.25, -0.2) is 0 Å². The Morgan fingerprint density at radius 1 is 1.56 bits per heavy atom. The number of carbonyl (C=O) groups excluding carboxylic acids is 2. The number of halogens is 1. The minimum absolute atomic E-state index is 0.135. The van der Waals surface area contributed by atoms with Crippen LogP contribution in [0.2, 0.25) is 5.02 Å². The lowest BCUT2D eigenvalue weighted by atomic mass is 9.95. The molecule has 1 amide bonds. The van der Waals surface area contributed by atoms with Gasteiger partial charge in [0.15, 0.2) is 11.8 Å². The maximum absolute atomic E-state index is 11.9. The molecule has 1 fully saturated rings. The van der Waals surface area contributed by atoms with Crippen LogP contribution in [0, 0.1) is 12.3 Å². The van der Waals surface area contributed by atoms with E-state index in [1.807, 2.05) is 5.92 Å². The van der Waals surface area contributed by atoms with Gasteiger partial charge in [0.1, 0.15) is 0 Å².